The number of aliphatic carboxylic acids is 1. The molecule has 2 amide bonds. The quantitative estimate of drug-likeness (QED) is 0.614. The van der Waals surface area contributed by atoms with E-state index in [0.29, 0.717) is 12.8 Å². The van der Waals surface area contributed by atoms with Crippen LogP contribution >= 0.6 is 0 Å². The summed E-state index contributed by atoms with van der Waals surface area (Å²) in [6.07, 6.45) is 3.39. The summed E-state index contributed by atoms with van der Waals surface area (Å²) in [5.74, 6) is -1.02. The van der Waals surface area contributed by atoms with Crippen molar-refractivity contribution < 1.29 is 24.2 Å². The minimum Gasteiger partial charge on any atom is -0.481 e. The van der Waals surface area contributed by atoms with E-state index < -0.39 is 12.1 Å². The predicted molar refractivity (Wildman–Crippen MR) is 126 cm³/mol. The Morgan fingerprint density at radius 1 is 0.941 bits per heavy atom. The third-order valence-electron chi connectivity index (χ3n) is 7.28. The fourth-order valence-corrected chi connectivity index (χ4v) is 5.45. The highest BCUT2D eigenvalue weighted by molar-refractivity contribution is 5.81. The van der Waals surface area contributed by atoms with Gasteiger partial charge in [-0.25, -0.2) is 4.79 Å². The van der Waals surface area contributed by atoms with Crippen molar-refractivity contribution in [3.05, 3.63) is 59.7 Å². The summed E-state index contributed by atoms with van der Waals surface area (Å²) >= 11 is 0. The van der Waals surface area contributed by atoms with Crippen LogP contribution in [0.3, 0.4) is 0 Å². The zero-order valence-corrected chi connectivity index (χ0v) is 19.1. The molecule has 0 unspecified atom stereocenters. The fraction of sp³-hybridized carbons (Fsp3) is 0.444. The number of hydrogen-bond donors (Lipinski definition) is 2. The monoisotopic (exact) mass is 462 g/mol. The number of hydrogen-bond acceptors (Lipinski definition) is 4. The van der Waals surface area contributed by atoms with E-state index in [0.717, 1.165) is 19.3 Å². The molecule has 0 heterocycles. The number of benzene rings is 2. The van der Waals surface area contributed by atoms with Crippen LogP contribution in [0.1, 0.15) is 55.6 Å². The zero-order valence-electron chi connectivity index (χ0n) is 19.1. The maximum atomic E-state index is 13.0. The first-order chi connectivity index (χ1) is 16.5. The molecule has 3 aliphatic rings. The Hall–Kier alpha value is -3.35. The summed E-state index contributed by atoms with van der Waals surface area (Å²) < 4.78 is 5.65. The van der Waals surface area contributed by atoms with Crippen molar-refractivity contribution in [2.75, 3.05) is 13.2 Å². The van der Waals surface area contributed by atoms with Crippen LogP contribution in [0.5, 0.6) is 0 Å². The lowest BCUT2D eigenvalue weighted by atomic mass is 9.98. The Kier molecular flexibility index (Phi) is 6.26. The van der Waals surface area contributed by atoms with Gasteiger partial charge >= 0.3 is 12.1 Å². The topological polar surface area (TPSA) is 95.9 Å². The van der Waals surface area contributed by atoms with Crippen LogP contribution in [0.15, 0.2) is 48.5 Å². The molecule has 178 valence electrons. The Morgan fingerprint density at radius 3 is 2.21 bits per heavy atom. The molecule has 2 aromatic rings. The van der Waals surface area contributed by atoms with E-state index in [4.69, 9.17) is 9.84 Å². The predicted octanol–water partition coefficient (Wildman–Crippen LogP) is 4.16. The van der Waals surface area contributed by atoms with E-state index >= 15 is 0 Å². The van der Waals surface area contributed by atoms with Gasteiger partial charge < -0.3 is 20.1 Å². The molecular weight excluding hydrogens is 432 g/mol. The first kappa shape index (κ1) is 22.4. The first-order valence-electron chi connectivity index (χ1n) is 12.1. The van der Waals surface area contributed by atoms with E-state index in [-0.39, 0.29) is 49.4 Å². The van der Waals surface area contributed by atoms with Crippen LogP contribution in [0.25, 0.3) is 11.1 Å². The maximum Gasteiger partial charge on any atom is 0.407 e. The van der Waals surface area contributed by atoms with Crippen LogP contribution in [0.2, 0.25) is 0 Å². The molecule has 7 nitrogen and oxygen atoms in total. The number of ether oxygens (including phenoxy) is 1. The Morgan fingerprint density at radius 2 is 1.59 bits per heavy atom. The molecule has 3 aliphatic carbocycles. The molecule has 2 atom stereocenters. The maximum absolute atomic E-state index is 13.0. The number of nitrogens with zero attached hydrogens (tertiary/aromatic N) is 1. The standard InChI is InChI=1S/C27H30N2O5/c30-25(31)13-14-29(19-11-12-19)26(32)17-9-10-18(15-17)28-27(33)34-16-24-22-7-3-1-5-20(22)21-6-2-4-8-23(21)24/h1-8,17-19,24H,9-16H2,(H,28,33)(H,30,31)/t17-,18+/m0/s1. The van der Waals surface area contributed by atoms with E-state index in [1.165, 1.54) is 22.3 Å². The van der Waals surface area contributed by atoms with Crippen LogP contribution in [0, 0.1) is 5.92 Å². The van der Waals surface area contributed by atoms with Gasteiger partial charge in [-0.3, -0.25) is 9.59 Å². The summed E-state index contributed by atoms with van der Waals surface area (Å²) in [4.78, 5) is 38.3. The summed E-state index contributed by atoms with van der Waals surface area (Å²) in [5, 5.41) is 11.9. The minimum atomic E-state index is -0.889. The van der Waals surface area contributed by atoms with Crippen LogP contribution in [-0.4, -0.2) is 53.2 Å². The van der Waals surface area contributed by atoms with E-state index in [1.54, 1.807) is 4.90 Å². The van der Waals surface area contributed by atoms with Gasteiger partial charge in [0.25, 0.3) is 0 Å². The molecule has 0 saturated heterocycles. The highest BCUT2D eigenvalue weighted by Gasteiger charge is 2.39. The number of carbonyl (C=O) groups excluding carboxylic acids is 2. The number of amides is 2. The lowest BCUT2D eigenvalue weighted by molar-refractivity contribution is -0.140. The molecule has 2 saturated carbocycles. The summed E-state index contributed by atoms with van der Waals surface area (Å²) in [5.41, 5.74) is 4.72. The molecule has 0 aliphatic heterocycles. The highest BCUT2D eigenvalue weighted by atomic mass is 16.5. The number of rotatable bonds is 8. The van der Waals surface area contributed by atoms with E-state index in [2.05, 4.69) is 29.6 Å². The zero-order chi connectivity index (χ0) is 23.7. The summed E-state index contributed by atoms with van der Waals surface area (Å²) in [6, 6.07) is 16.5. The molecule has 0 aromatic heterocycles. The SMILES string of the molecule is O=C(O)CCN(C(=O)[C@H]1CC[C@@H](NC(=O)OCC2c3ccccc3-c3ccccc32)C1)C1CC1. The molecule has 0 bridgehead atoms. The molecular formula is C27H30N2O5. The number of fused-ring (bicyclic) bond motifs is 3. The second-order valence-electron chi connectivity index (χ2n) is 9.58. The average Bonchev–Trinajstić information content (AvgIpc) is 3.47. The molecule has 2 N–H and O–H groups in total. The van der Waals surface area contributed by atoms with Crippen molar-refractivity contribution in [3.63, 3.8) is 0 Å². The second-order valence-corrected chi connectivity index (χ2v) is 9.58. The minimum absolute atomic E-state index is 0.0115. The van der Waals surface area contributed by atoms with Crippen molar-refractivity contribution in [3.8, 4) is 11.1 Å². The van der Waals surface area contributed by atoms with Crippen molar-refractivity contribution in [1.82, 2.24) is 10.2 Å². The smallest absolute Gasteiger partial charge is 0.407 e. The van der Waals surface area contributed by atoms with E-state index in [1.807, 2.05) is 24.3 Å². The van der Waals surface area contributed by atoms with E-state index in [9.17, 15) is 14.4 Å². The molecule has 2 fully saturated rings. The molecule has 2 aromatic carbocycles. The number of carbonyl (C=O) groups is 3. The molecule has 0 radical (unpaired) electrons. The van der Waals surface area contributed by atoms with Crippen molar-refractivity contribution in [2.24, 2.45) is 5.92 Å². The van der Waals surface area contributed by atoms with Crippen LogP contribution < -0.4 is 5.32 Å². The largest absolute Gasteiger partial charge is 0.481 e. The Balaban J connectivity index is 1.14. The lowest BCUT2D eigenvalue weighted by Gasteiger charge is -2.25. The van der Waals surface area contributed by atoms with Gasteiger partial charge in [-0.05, 0) is 54.4 Å². The normalized spacial score (nSPS) is 20.9. The summed E-state index contributed by atoms with van der Waals surface area (Å²) in [7, 11) is 0. The average molecular weight is 463 g/mol. The molecule has 7 heteroatoms. The highest BCUT2D eigenvalue weighted by Crippen LogP contribution is 2.44. The van der Waals surface area contributed by atoms with Crippen LogP contribution in [0.4, 0.5) is 4.79 Å². The number of carboxylic acid groups (broad SMARTS) is 1. The van der Waals surface area contributed by atoms with Gasteiger partial charge in [-0.2, -0.15) is 0 Å². The summed E-state index contributed by atoms with van der Waals surface area (Å²) in [6.45, 7) is 0.527. The van der Waals surface area contributed by atoms with Crippen molar-refractivity contribution >= 4 is 18.0 Å². The Bertz CT molecular complexity index is 1050. The fourth-order valence-electron chi connectivity index (χ4n) is 5.45. The number of alkyl carbamates (subject to hydrolysis) is 1. The third kappa shape index (κ3) is 4.65. The van der Waals surface area contributed by atoms with Gasteiger partial charge in [0.2, 0.25) is 5.91 Å². The first-order valence-corrected chi connectivity index (χ1v) is 12.1. The van der Waals surface area contributed by atoms with Gasteiger partial charge in [0, 0.05) is 30.5 Å². The van der Waals surface area contributed by atoms with Gasteiger partial charge in [0.15, 0.2) is 0 Å². The van der Waals surface area contributed by atoms with Gasteiger partial charge in [-0.15, -0.1) is 0 Å². The lowest BCUT2D eigenvalue weighted by Crippen LogP contribution is -2.40. The molecule has 5 rings (SSSR count). The van der Waals surface area contributed by atoms with Crippen LogP contribution in [-0.2, 0) is 14.3 Å². The molecule has 34 heavy (non-hydrogen) atoms. The van der Waals surface area contributed by atoms with Gasteiger partial charge in [-0.1, -0.05) is 48.5 Å². The number of nitrogens with one attached hydrogen (secondary N) is 1. The Labute approximate surface area is 199 Å². The van der Waals surface area contributed by atoms with Gasteiger partial charge in [0.1, 0.15) is 6.61 Å². The van der Waals surface area contributed by atoms with Crippen molar-refractivity contribution in [1.29, 1.82) is 0 Å². The molecule has 0 spiro atoms. The second kappa shape index (κ2) is 9.49. The van der Waals surface area contributed by atoms with Crippen molar-refractivity contribution in [2.45, 2.75) is 56.5 Å². The third-order valence-corrected chi connectivity index (χ3v) is 7.28. The number of carboxylic acids is 1. The van der Waals surface area contributed by atoms with Gasteiger partial charge in [0.05, 0.1) is 6.42 Å².